The van der Waals surface area contributed by atoms with Crippen LogP contribution in [0.25, 0.3) is 0 Å². The molecule has 0 aromatic rings. The molecule has 0 bridgehead atoms. The van der Waals surface area contributed by atoms with Gasteiger partial charge in [0.05, 0.1) is 6.54 Å². The second kappa shape index (κ2) is 15.2. The van der Waals surface area contributed by atoms with Gasteiger partial charge in [0.1, 0.15) is 18.1 Å². The largest absolute Gasteiger partial charge is 0.368 e. The molecule has 0 saturated heterocycles. The van der Waals surface area contributed by atoms with Crippen LogP contribution in [0.5, 0.6) is 0 Å². The molecule has 0 aromatic heterocycles. The molecular weight excluding hydrogens is 426 g/mol. The third-order valence-electron chi connectivity index (χ3n) is 5.74. The Balaban J connectivity index is 5.24. The monoisotopic (exact) mass is 469 g/mol. The SMILES string of the molecule is CCC(=O)N[C@H](C(=O)N[C@H](C(=O)NCC(=O)N[C@H](CC(C)C)C(N)=O)[C@H](C)CC)[C@H](C)CC. The Kier molecular flexibility index (Phi) is 14.0. The van der Waals surface area contributed by atoms with Crippen LogP contribution in [0.1, 0.15) is 74.1 Å². The number of primary amides is 1. The molecule has 0 radical (unpaired) electrons. The average Bonchev–Trinajstić information content (AvgIpc) is 2.76. The third-order valence-corrected chi connectivity index (χ3v) is 5.74. The fourth-order valence-corrected chi connectivity index (χ4v) is 3.16. The summed E-state index contributed by atoms with van der Waals surface area (Å²) in [7, 11) is 0. The lowest BCUT2D eigenvalue weighted by atomic mass is 9.95. The van der Waals surface area contributed by atoms with E-state index < -0.39 is 41.8 Å². The minimum Gasteiger partial charge on any atom is -0.368 e. The number of carbonyl (C=O) groups is 5. The van der Waals surface area contributed by atoms with Gasteiger partial charge in [-0.15, -0.1) is 0 Å². The minimum absolute atomic E-state index is 0.126. The molecule has 0 aliphatic rings. The van der Waals surface area contributed by atoms with Crippen LogP contribution in [-0.2, 0) is 24.0 Å². The lowest BCUT2D eigenvalue weighted by Gasteiger charge is -2.28. The van der Waals surface area contributed by atoms with Crippen LogP contribution in [0.15, 0.2) is 0 Å². The molecule has 0 heterocycles. The van der Waals surface area contributed by atoms with Gasteiger partial charge < -0.3 is 27.0 Å². The highest BCUT2D eigenvalue weighted by Crippen LogP contribution is 2.12. The van der Waals surface area contributed by atoms with Gasteiger partial charge in [-0.05, 0) is 24.2 Å². The van der Waals surface area contributed by atoms with Crippen molar-refractivity contribution in [2.45, 2.75) is 92.3 Å². The van der Waals surface area contributed by atoms with Crippen LogP contribution in [0.3, 0.4) is 0 Å². The quantitative estimate of drug-likeness (QED) is 0.237. The van der Waals surface area contributed by atoms with E-state index in [-0.39, 0.29) is 36.6 Å². The summed E-state index contributed by atoms with van der Waals surface area (Å²) >= 11 is 0. The average molecular weight is 470 g/mol. The van der Waals surface area contributed by atoms with Crippen molar-refractivity contribution in [1.82, 2.24) is 21.3 Å². The van der Waals surface area contributed by atoms with Crippen molar-refractivity contribution in [2.24, 2.45) is 23.5 Å². The zero-order valence-electron chi connectivity index (χ0n) is 21.1. The minimum atomic E-state index is -0.886. The highest BCUT2D eigenvalue weighted by Gasteiger charge is 2.32. The molecule has 5 amide bonds. The molecule has 0 saturated carbocycles. The molecule has 0 spiro atoms. The number of carbonyl (C=O) groups excluding carboxylic acids is 5. The van der Waals surface area contributed by atoms with Crippen LogP contribution in [-0.4, -0.2) is 54.2 Å². The summed E-state index contributed by atoms with van der Waals surface area (Å²) in [5.74, 6) is -2.59. The highest BCUT2D eigenvalue weighted by atomic mass is 16.2. The molecule has 0 aliphatic heterocycles. The van der Waals surface area contributed by atoms with Crippen molar-refractivity contribution in [3.8, 4) is 0 Å². The Morgan fingerprint density at radius 2 is 1.24 bits per heavy atom. The Bertz CT molecular complexity index is 682. The summed E-state index contributed by atoms with van der Waals surface area (Å²) in [6.07, 6.45) is 1.91. The molecule has 10 heteroatoms. The van der Waals surface area contributed by atoms with Crippen molar-refractivity contribution < 1.29 is 24.0 Å². The Morgan fingerprint density at radius 3 is 1.67 bits per heavy atom. The predicted octanol–water partition coefficient (Wildman–Crippen LogP) is 0.591. The third kappa shape index (κ3) is 11.2. The van der Waals surface area contributed by atoms with Crippen molar-refractivity contribution in [1.29, 1.82) is 0 Å². The number of hydrogen-bond acceptors (Lipinski definition) is 5. The zero-order valence-corrected chi connectivity index (χ0v) is 21.1. The fraction of sp³-hybridized carbons (Fsp3) is 0.783. The second-order valence-corrected chi connectivity index (χ2v) is 9.03. The van der Waals surface area contributed by atoms with Crippen molar-refractivity contribution in [3.63, 3.8) is 0 Å². The molecular formula is C23H43N5O5. The van der Waals surface area contributed by atoms with Gasteiger partial charge in [0.25, 0.3) is 0 Å². The van der Waals surface area contributed by atoms with E-state index in [2.05, 4.69) is 21.3 Å². The van der Waals surface area contributed by atoms with Crippen LogP contribution in [0, 0.1) is 17.8 Å². The first-order valence-electron chi connectivity index (χ1n) is 11.8. The van der Waals surface area contributed by atoms with Gasteiger partial charge in [0, 0.05) is 6.42 Å². The zero-order chi connectivity index (χ0) is 25.7. The van der Waals surface area contributed by atoms with Crippen molar-refractivity contribution >= 4 is 29.5 Å². The van der Waals surface area contributed by atoms with Gasteiger partial charge >= 0.3 is 0 Å². The summed E-state index contributed by atoms with van der Waals surface area (Å²) < 4.78 is 0. The van der Waals surface area contributed by atoms with E-state index in [4.69, 9.17) is 5.73 Å². The first-order chi connectivity index (χ1) is 15.4. The van der Waals surface area contributed by atoms with Gasteiger partial charge in [0.15, 0.2) is 0 Å². The lowest BCUT2D eigenvalue weighted by molar-refractivity contribution is -0.134. The smallest absolute Gasteiger partial charge is 0.243 e. The topological polar surface area (TPSA) is 159 Å². The maximum Gasteiger partial charge on any atom is 0.243 e. The first-order valence-corrected chi connectivity index (χ1v) is 11.8. The van der Waals surface area contributed by atoms with Crippen molar-refractivity contribution in [2.75, 3.05) is 6.54 Å². The molecule has 0 fully saturated rings. The molecule has 33 heavy (non-hydrogen) atoms. The normalized spacial score (nSPS) is 15.5. The van der Waals surface area contributed by atoms with Gasteiger partial charge in [-0.3, -0.25) is 24.0 Å². The molecule has 5 atom stereocenters. The second-order valence-electron chi connectivity index (χ2n) is 9.03. The maximum absolute atomic E-state index is 13.0. The Hall–Kier alpha value is -2.65. The van der Waals surface area contributed by atoms with E-state index >= 15 is 0 Å². The number of nitrogens with one attached hydrogen (secondary N) is 4. The van der Waals surface area contributed by atoms with Crippen LogP contribution >= 0.6 is 0 Å². The van der Waals surface area contributed by atoms with E-state index in [1.165, 1.54) is 0 Å². The van der Waals surface area contributed by atoms with E-state index in [1.54, 1.807) is 6.92 Å². The Morgan fingerprint density at radius 1 is 0.727 bits per heavy atom. The van der Waals surface area contributed by atoms with Crippen LogP contribution < -0.4 is 27.0 Å². The molecule has 0 unspecified atom stereocenters. The Labute approximate surface area is 197 Å². The predicted molar refractivity (Wildman–Crippen MR) is 127 cm³/mol. The summed E-state index contributed by atoms with van der Waals surface area (Å²) in [6.45, 7) is 12.6. The summed E-state index contributed by atoms with van der Waals surface area (Å²) in [5, 5.41) is 10.5. The molecule has 10 nitrogen and oxygen atoms in total. The van der Waals surface area contributed by atoms with E-state index in [9.17, 15) is 24.0 Å². The first kappa shape index (κ1) is 30.4. The van der Waals surface area contributed by atoms with E-state index in [1.807, 2.05) is 41.5 Å². The summed E-state index contributed by atoms with van der Waals surface area (Å²) in [4.78, 5) is 61.5. The molecule has 0 rings (SSSR count). The van der Waals surface area contributed by atoms with Gasteiger partial charge in [-0.25, -0.2) is 0 Å². The number of nitrogens with two attached hydrogens (primary N) is 1. The van der Waals surface area contributed by atoms with Crippen LogP contribution in [0.4, 0.5) is 0 Å². The van der Waals surface area contributed by atoms with Gasteiger partial charge in [-0.2, -0.15) is 0 Å². The van der Waals surface area contributed by atoms with Gasteiger partial charge in [-0.1, -0.05) is 61.3 Å². The fourth-order valence-electron chi connectivity index (χ4n) is 3.16. The highest BCUT2D eigenvalue weighted by molar-refractivity contribution is 5.94. The van der Waals surface area contributed by atoms with Gasteiger partial charge in [0.2, 0.25) is 29.5 Å². The standard InChI is InChI=1S/C23H43N5O5/c1-8-14(6)19(28-23(33)20(15(7)9-2)27-17(29)10-3)22(32)25-12-18(30)26-16(21(24)31)11-13(4)5/h13-16,19-20H,8-12H2,1-7H3,(H2,24,31)(H,25,32)(H,26,30)(H,27,29)(H,28,33)/t14-,15-,16-,19+,20+/m1/s1. The summed E-state index contributed by atoms with van der Waals surface area (Å²) in [5.41, 5.74) is 5.34. The van der Waals surface area contributed by atoms with Crippen LogP contribution in [0.2, 0.25) is 0 Å². The lowest BCUT2D eigenvalue weighted by Crippen LogP contribution is -2.58. The van der Waals surface area contributed by atoms with Crippen molar-refractivity contribution in [3.05, 3.63) is 0 Å². The molecule has 190 valence electrons. The molecule has 0 aromatic carbocycles. The molecule has 0 aliphatic carbocycles. The number of amides is 5. The number of hydrogen-bond donors (Lipinski definition) is 5. The van der Waals surface area contributed by atoms with E-state index in [0.717, 1.165) is 0 Å². The summed E-state index contributed by atoms with van der Waals surface area (Å²) in [6, 6.07) is -2.47. The van der Waals surface area contributed by atoms with E-state index in [0.29, 0.717) is 19.3 Å². The maximum atomic E-state index is 13.0. The number of rotatable bonds is 15. The molecule has 6 N–H and O–H groups in total.